The van der Waals surface area contributed by atoms with E-state index in [0.29, 0.717) is 5.57 Å². The fourth-order valence-corrected chi connectivity index (χ4v) is 0.800. The van der Waals surface area contributed by atoms with E-state index in [0.717, 1.165) is 12.8 Å². The molecule has 0 radical (unpaired) electrons. The molecule has 0 aromatic heterocycles. The van der Waals surface area contributed by atoms with Crippen LogP contribution in [-0.2, 0) is 4.79 Å². The van der Waals surface area contributed by atoms with E-state index in [1.807, 2.05) is 0 Å². The second-order valence-electron chi connectivity index (χ2n) is 2.69. The van der Waals surface area contributed by atoms with Gasteiger partial charge in [-0.3, -0.25) is 0 Å². The Kier molecular flexibility index (Phi) is 24.2. The van der Waals surface area contributed by atoms with Gasteiger partial charge in [0.05, 0.1) is 0 Å². The first-order valence-electron chi connectivity index (χ1n) is 4.08. The molecule has 7 N–H and O–H groups in total. The number of unbranched alkanes of at least 4 members (excludes halogenated alkanes) is 3. The number of carboxylic acids is 1. The van der Waals surface area contributed by atoms with Gasteiger partial charge in [0.15, 0.2) is 0 Å². The summed E-state index contributed by atoms with van der Waals surface area (Å²) >= 11 is 0. The summed E-state index contributed by atoms with van der Waals surface area (Å²) in [6.45, 7) is 3.77. The zero-order valence-electron chi connectivity index (χ0n) is 8.76. The van der Waals surface area contributed by atoms with Crippen molar-refractivity contribution >= 4 is 5.97 Å². The molecule has 5 heteroatoms. The molecule has 0 saturated heterocycles. The second kappa shape index (κ2) is 14.6. The molecule has 5 nitrogen and oxygen atoms in total. The van der Waals surface area contributed by atoms with Crippen LogP contribution in [0.1, 0.15) is 39.5 Å². The van der Waals surface area contributed by atoms with Crippen molar-refractivity contribution in [1.82, 2.24) is 0 Å². The number of hydrogen-bond donors (Lipinski definition) is 1. The van der Waals surface area contributed by atoms with Crippen LogP contribution in [0.4, 0.5) is 0 Å². The molecule has 0 heterocycles. The van der Waals surface area contributed by atoms with Gasteiger partial charge in [0.25, 0.3) is 0 Å². The highest BCUT2D eigenvalue weighted by molar-refractivity contribution is 5.85. The van der Waals surface area contributed by atoms with E-state index in [1.54, 1.807) is 13.0 Å². The van der Waals surface area contributed by atoms with Gasteiger partial charge in [-0.25, -0.2) is 4.79 Å². The standard InChI is InChI=1S/C9H16O2.3H2O/c1-3-4-5-6-7-8(2)9(10)11;;;/h7H,3-6H2,1-2H3,(H,10,11);3*1H2. The second-order valence-corrected chi connectivity index (χ2v) is 2.69. The van der Waals surface area contributed by atoms with Gasteiger partial charge in [-0.1, -0.05) is 25.8 Å². The van der Waals surface area contributed by atoms with Crippen molar-refractivity contribution < 1.29 is 26.3 Å². The summed E-state index contributed by atoms with van der Waals surface area (Å²) in [6.07, 6.45) is 6.15. The molecule has 0 aliphatic heterocycles. The van der Waals surface area contributed by atoms with Crippen LogP contribution in [0.3, 0.4) is 0 Å². The van der Waals surface area contributed by atoms with E-state index in [4.69, 9.17) is 5.11 Å². The summed E-state index contributed by atoms with van der Waals surface area (Å²) < 4.78 is 0. The lowest BCUT2D eigenvalue weighted by atomic mass is 10.1. The van der Waals surface area contributed by atoms with E-state index >= 15 is 0 Å². The Morgan fingerprint density at radius 3 is 2.07 bits per heavy atom. The highest BCUT2D eigenvalue weighted by Crippen LogP contribution is 2.02. The van der Waals surface area contributed by atoms with Gasteiger partial charge in [0.2, 0.25) is 0 Å². The Balaban J connectivity index is -0.000000167. The maximum absolute atomic E-state index is 10.3. The molecule has 88 valence electrons. The molecule has 0 aromatic carbocycles. The quantitative estimate of drug-likeness (QED) is 0.510. The minimum atomic E-state index is -0.804. The smallest absolute Gasteiger partial charge is 0.330 e. The molecule has 14 heavy (non-hydrogen) atoms. The van der Waals surface area contributed by atoms with Gasteiger partial charge < -0.3 is 21.5 Å². The number of aliphatic carboxylic acids is 1. The van der Waals surface area contributed by atoms with Crippen LogP contribution in [-0.4, -0.2) is 27.5 Å². The van der Waals surface area contributed by atoms with E-state index in [9.17, 15) is 4.79 Å². The van der Waals surface area contributed by atoms with Crippen molar-refractivity contribution in [2.45, 2.75) is 39.5 Å². The Morgan fingerprint density at radius 2 is 1.71 bits per heavy atom. The average Bonchev–Trinajstić information content (AvgIpc) is 1.97. The molecule has 0 aromatic rings. The Labute approximate surface area is 84.4 Å². The van der Waals surface area contributed by atoms with Crippen molar-refractivity contribution in [2.75, 3.05) is 0 Å². The minimum absolute atomic E-state index is 0. The van der Waals surface area contributed by atoms with Crippen LogP contribution in [0.25, 0.3) is 0 Å². The molecule has 0 unspecified atom stereocenters. The molecule has 0 fully saturated rings. The highest BCUT2D eigenvalue weighted by atomic mass is 16.4. The Bertz CT molecular complexity index is 153. The van der Waals surface area contributed by atoms with E-state index in [2.05, 4.69) is 6.92 Å². The molecular weight excluding hydrogens is 188 g/mol. The maximum atomic E-state index is 10.3. The first kappa shape index (κ1) is 23.2. The predicted octanol–water partition coefficient (Wildman–Crippen LogP) is 0.123. The Hall–Kier alpha value is -0.910. The zero-order valence-corrected chi connectivity index (χ0v) is 8.76. The summed E-state index contributed by atoms with van der Waals surface area (Å²) in [5.74, 6) is -0.804. The first-order valence-corrected chi connectivity index (χ1v) is 4.08. The molecular formula is C9H22O5. The van der Waals surface area contributed by atoms with Crippen LogP contribution in [0.2, 0.25) is 0 Å². The third-order valence-electron chi connectivity index (χ3n) is 1.60. The van der Waals surface area contributed by atoms with E-state index < -0.39 is 5.97 Å². The van der Waals surface area contributed by atoms with Gasteiger partial charge in [0.1, 0.15) is 0 Å². The molecule has 0 aliphatic carbocycles. The minimum Gasteiger partial charge on any atom is -0.478 e. The van der Waals surface area contributed by atoms with E-state index in [1.165, 1.54) is 12.8 Å². The zero-order chi connectivity index (χ0) is 8.69. The molecule has 0 amide bonds. The first-order chi connectivity index (χ1) is 5.18. The van der Waals surface area contributed by atoms with Crippen molar-refractivity contribution in [3.63, 3.8) is 0 Å². The molecule has 0 atom stereocenters. The van der Waals surface area contributed by atoms with Crippen molar-refractivity contribution in [2.24, 2.45) is 0 Å². The average molecular weight is 210 g/mol. The monoisotopic (exact) mass is 210 g/mol. The number of rotatable bonds is 5. The van der Waals surface area contributed by atoms with Gasteiger partial charge in [0, 0.05) is 5.57 Å². The molecule has 0 bridgehead atoms. The summed E-state index contributed by atoms with van der Waals surface area (Å²) in [5.41, 5.74) is 0.459. The van der Waals surface area contributed by atoms with Crippen molar-refractivity contribution in [3.8, 4) is 0 Å². The number of hydrogen-bond acceptors (Lipinski definition) is 1. The van der Waals surface area contributed by atoms with Crippen LogP contribution < -0.4 is 0 Å². The topological polar surface area (TPSA) is 132 Å². The van der Waals surface area contributed by atoms with Crippen molar-refractivity contribution in [3.05, 3.63) is 11.6 Å². The SMILES string of the molecule is CCCCCC=C(C)C(=O)O.O.O.O. The fourth-order valence-electron chi connectivity index (χ4n) is 0.800. The summed E-state index contributed by atoms with van der Waals surface area (Å²) in [5, 5.41) is 8.47. The van der Waals surface area contributed by atoms with Crippen LogP contribution in [0.5, 0.6) is 0 Å². The number of carboxylic acid groups (broad SMARTS) is 1. The third-order valence-corrected chi connectivity index (χ3v) is 1.60. The normalized spacial score (nSPS) is 9.14. The third kappa shape index (κ3) is 13.7. The molecule has 0 spiro atoms. The van der Waals surface area contributed by atoms with Gasteiger partial charge in [-0.05, 0) is 19.8 Å². The number of allylic oxidation sites excluding steroid dienone is 1. The molecule has 0 rings (SSSR count). The summed E-state index contributed by atoms with van der Waals surface area (Å²) in [6, 6.07) is 0. The lowest BCUT2D eigenvalue weighted by molar-refractivity contribution is -0.132. The lowest BCUT2D eigenvalue weighted by Gasteiger charge is -1.93. The molecule has 0 aliphatic rings. The summed E-state index contributed by atoms with van der Waals surface area (Å²) in [7, 11) is 0. The highest BCUT2D eigenvalue weighted by Gasteiger charge is 1.96. The maximum Gasteiger partial charge on any atom is 0.330 e. The Morgan fingerprint density at radius 1 is 1.21 bits per heavy atom. The number of carbonyl (C=O) groups is 1. The predicted molar refractivity (Wildman–Crippen MR) is 56.4 cm³/mol. The largest absolute Gasteiger partial charge is 0.478 e. The molecule has 0 saturated carbocycles. The van der Waals surface area contributed by atoms with Gasteiger partial charge in [-0.15, -0.1) is 0 Å². The van der Waals surface area contributed by atoms with Crippen molar-refractivity contribution in [1.29, 1.82) is 0 Å². The van der Waals surface area contributed by atoms with Crippen LogP contribution >= 0.6 is 0 Å². The fraction of sp³-hybridized carbons (Fsp3) is 0.667. The van der Waals surface area contributed by atoms with Gasteiger partial charge in [-0.2, -0.15) is 0 Å². The van der Waals surface area contributed by atoms with E-state index in [-0.39, 0.29) is 16.4 Å². The van der Waals surface area contributed by atoms with Gasteiger partial charge >= 0.3 is 5.97 Å². The van der Waals surface area contributed by atoms with Crippen LogP contribution in [0, 0.1) is 0 Å². The summed E-state index contributed by atoms with van der Waals surface area (Å²) in [4.78, 5) is 10.3. The van der Waals surface area contributed by atoms with Crippen LogP contribution in [0.15, 0.2) is 11.6 Å². The lowest BCUT2D eigenvalue weighted by Crippen LogP contribution is -1.95.